The summed E-state index contributed by atoms with van der Waals surface area (Å²) in [6, 6.07) is 11.5. The largest absolute Gasteiger partial charge is 0.294 e. The first-order valence-corrected chi connectivity index (χ1v) is 9.31. The van der Waals surface area contributed by atoms with Crippen molar-refractivity contribution in [3.8, 4) is 0 Å². The smallest absolute Gasteiger partial charge is 0.239 e. The Morgan fingerprint density at radius 3 is 2.57 bits per heavy atom. The number of halogens is 2. The first-order valence-electron chi connectivity index (χ1n) is 6.95. The van der Waals surface area contributed by atoms with E-state index >= 15 is 0 Å². The minimum Gasteiger partial charge on any atom is -0.294 e. The Balaban J connectivity index is 2.00. The van der Waals surface area contributed by atoms with Crippen molar-refractivity contribution in [1.82, 2.24) is 0 Å². The van der Waals surface area contributed by atoms with Gasteiger partial charge in [-0.2, -0.15) is 0 Å². The van der Waals surface area contributed by atoms with Crippen molar-refractivity contribution in [1.29, 1.82) is 0 Å². The summed E-state index contributed by atoms with van der Waals surface area (Å²) >= 11 is 12.0. The first-order chi connectivity index (χ1) is 10.9. The van der Waals surface area contributed by atoms with Gasteiger partial charge in [-0.1, -0.05) is 41.4 Å². The zero-order valence-corrected chi connectivity index (χ0v) is 14.3. The molecule has 120 valence electrons. The summed E-state index contributed by atoms with van der Waals surface area (Å²) in [7, 11) is -3.65. The number of carbonyl (C=O) groups is 1. The normalized spacial score (nSPS) is 14.7. The highest BCUT2D eigenvalue weighted by molar-refractivity contribution is 7.92. The molecule has 0 aromatic heterocycles. The minimum atomic E-state index is -3.65. The molecule has 0 saturated heterocycles. The fourth-order valence-electron chi connectivity index (χ4n) is 2.59. The lowest BCUT2D eigenvalue weighted by atomic mass is 10.0. The van der Waals surface area contributed by atoms with Gasteiger partial charge in [-0.05, 0) is 29.8 Å². The molecule has 0 unspecified atom stereocenters. The van der Waals surface area contributed by atoms with Gasteiger partial charge in [0.15, 0.2) is 5.78 Å². The monoisotopic (exact) mass is 369 g/mol. The van der Waals surface area contributed by atoms with Crippen LogP contribution >= 0.6 is 23.2 Å². The molecule has 0 atom stereocenters. The maximum Gasteiger partial charge on any atom is 0.239 e. The molecule has 0 radical (unpaired) electrons. The number of benzene rings is 2. The van der Waals surface area contributed by atoms with Gasteiger partial charge in [0.1, 0.15) is 0 Å². The molecule has 0 aliphatic carbocycles. The van der Waals surface area contributed by atoms with Crippen LogP contribution in [0.15, 0.2) is 42.5 Å². The van der Waals surface area contributed by atoms with Crippen molar-refractivity contribution in [2.75, 3.05) is 10.8 Å². The molecule has 3 rings (SSSR count). The van der Waals surface area contributed by atoms with Gasteiger partial charge in [0.05, 0.1) is 11.4 Å². The quantitative estimate of drug-likeness (QED) is 0.823. The van der Waals surface area contributed by atoms with Gasteiger partial charge in [0.2, 0.25) is 10.0 Å². The maximum atomic E-state index is 12.8. The fraction of sp³-hybridized carbons (Fsp3) is 0.188. The van der Waals surface area contributed by atoms with Gasteiger partial charge in [0.25, 0.3) is 0 Å². The third-order valence-corrected chi connectivity index (χ3v) is 6.03. The molecular weight excluding hydrogens is 357 g/mol. The Labute approximate surface area is 144 Å². The van der Waals surface area contributed by atoms with Gasteiger partial charge in [-0.15, -0.1) is 0 Å². The van der Waals surface area contributed by atoms with Crippen LogP contribution in [0.2, 0.25) is 10.0 Å². The average Bonchev–Trinajstić information content (AvgIpc) is 2.50. The summed E-state index contributed by atoms with van der Waals surface area (Å²) < 4.78 is 26.8. The predicted molar refractivity (Wildman–Crippen MR) is 91.8 cm³/mol. The number of nitrogens with zero attached hydrogens (tertiary/aromatic N) is 1. The topological polar surface area (TPSA) is 54.5 Å². The summed E-state index contributed by atoms with van der Waals surface area (Å²) in [4.78, 5) is 12.0. The van der Waals surface area contributed by atoms with Gasteiger partial charge in [-0.25, -0.2) is 8.42 Å². The molecule has 2 aromatic rings. The van der Waals surface area contributed by atoms with Crippen LogP contribution in [0.1, 0.15) is 22.3 Å². The van der Waals surface area contributed by atoms with Gasteiger partial charge >= 0.3 is 0 Å². The molecule has 1 aliphatic heterocycles. The number of anilines is 1. The highest BCUT2D eigenvalue weighted by Gasteiger charge is 2.31. The van der Waals surface area contributed by atoms with E-state index in [2.05, 4.69) is 0 Å². The molecule has 1 aliphatic rings. The van der Waals surface area contributed by atoms with E-state index in [1.54, 1.807) is 36.4 Å². The van der Waals surface area contributed by atoms with E-state index in [1.165, 1.54) is 10.4 Å². The van der Waals surface area contributed by atoms with Gasteiger partial charge in [0, 0.05) is 28.6 Å². The number of sulfonamides is 1. The molecule has 2 aromatic carbocycles. The number of Topliss-reactive ketones (excluding diaryl/α,β-unsaturated/α-hetero) is 1. The van der Waals surface area contributed by atoms with Crippen LogP contribution in [0.3, 0.4) is 0 Å². The standard InChI is InChI=1S/C16H13Cl2NO3S/c17-12-5-6-15-13(9-12)16(20)7-8-19(15)23(21,22)10-11-3-1-2-4-14(11)18/h1-6,9H,7-8,10H2. The molecule has 0 amide bonds. The van der Waals surface area contributed by atoms with Crippen molar-refractivity contribution in [3.05, 3.63) is 63.6 Å². The molecule has 0 N–H and O–H groups in total. The second-order valence-electron chi connectivity index (χ2n) is 5.25. The van der Waals surface area contributed by atoms with Crippen molar-refractivity contribution >= 4 is 44.7 Å². The van der Waals surface area contributed by atoms with E-state index in [0.717, 1.165) is 0 Å². The van der Waals surface area contributed by atoms with Crippen LogP contribution < -0.4 is 4.31 Å². The zero-order chi connectivity index (χ0) is 16.6. The first kappa shape index (κ1) is 16.3. The third kappa shape index (κ3) is 3.22. The van der Waals surface area contributed by atoms with Crippen LogP contribution in [0.25, 0.3) is 0 Å². The van der Waals surface area contributed by atoms with Crippen molar-refractivity contribution in [2.45, 2.75) is 12.2 Å². The second kappa shape index (κ2) is 6.15. The molecule has 0 spiro atoms. The molecule has 0 fully saturated rings. The van der Waals surface area contributed by atoms with Crippen LogP contribution in [-0.2, 0) is 15.8 Å². The zero-order valence-electron chi connectivity index (χ0n) is 12.0. The molecule has 0 saturated carbocycles. The number of hydrogen-bond acceptors (Lipinski definition) is 3. The third-order valence-electron chi connectivity index (χ3n) is 3.70. The van der Waals surface area contributed by atoms with Crippen molar-refractivity contribution in [2.24, 2.45) is 0 Å². The fourth-order valence-corrected chi connectivity index (χ4v) is 4.67. The van der Waals surface area contributed by atoms with E-state index < -0.39 is 10.0 Å². The van der Waals surface area contributed by atoms with Crippen molar-refractivity contribution < 1.29 is 13.2 Å². The number of hydrogen-bond donors (Lipinski definition) is 0. The Hall–Kier alpha value is -1.56. The maximum absolute atomic E-state index is 12.8. The summed E-state index contributed by atoms with van der Waals surface area (Å²) in [5, 5.41) is 0.808. The van der Waals surface area contributed by atoms with E-state index in [9.17, 15) is 13.2 Å². The highest BCUT2D eigenvalue weighted by Crippen LogP contribution is 2.33. The number of fused-ring (bicyclic) bond motifs is 1. The van der Waals surface area contributed by atoms with Crippen LogP contribution in [-0.4, -0.2) is 20.7 Å². The lowest BCUT2D eigenvalue weighted by molar-refractivity contribution is 0.0982. The average molecular weight is 370 g/mol. The lowest BCUT2D eigenvalue weighted by Crippen LogP contribution is -2.38. The summed E-state index contributed by atoms with van der Waals surface area (Å²) in [5.41, 5.74) is 1.24. The number of carbonyl (C=O) groups excluding carboxylic acids is 1. The number of rotatable bonds is 3. The summed E-state index contributed by atoms with van der Waals surface area (Å²) in [6.45, 7) is 0.125. The number of ketones is 1. The molecule has 23 heavy (non-hydrogen) atoms. The van der Waals surface area contributed by atoms with Crippen LogP contribution in [0.4, 0.5) is 5.69 Å². The Bertz CT molecular complexity index is 881. The molecule has 1 heterocycles. The Kier molecular flexibility index (Phi) is 4.36. The molecule has 0 bridgehead atoms. The van der Waals surface area contributed by atoms with Gasteiger partial charge in [-0.3, -0.25) is 9.10 Å². The summed E-state index contributed by atoms with van der Waals surface area (Å²) in [6.07, 6.45) is 0.134. The molecule has 4 nitrogen and oxygen atoms in total. The van der Waals surface area contributed by atoms with E-state index in [-0.39, 0.29) is 24.5 Å². The molecule has 7 heteroatoms. The van der Waals surface area contributed by atoms with Crippen molar-refractivity contribution in [3.63, 3.8) is 0 Å². The van der Waals surface area contributed by atoms with E-state index in [1.807, 2.05) is 0 Å². The predicted octanol–water partition coefficient (Wildman–Crippen LogP) is 3.92. The SMILES string of the molecule is O=C1CCN(S(=O)(=O)Cc2ccccc2Cl)c2ccc(Cl)cc21. The Morgan fingerprint density at radius 1 is 1.09 bits per heavy atom. The molecular formula is C16H13Cl2NO3S. The minimum absolute atomic E-state index is 0.105. The van der Waals surface area contributed by atoms with Crippen LogP contribution in [0, 0.1) is 0 Å². The van der Waals surface area contributed by atoms with Gasteiger partial charge < -0.3 is 0 Å². The van der Waals surface area contributed by atoms with Crippen LogP contribution in [0.5, 0.6) is 0 Å². The highest BCUT2D eigenvalue weighted by atomic mass is 35.5. The Morgan fingerprint density at radius 2 is 1.83 bits per heavy atom. The van der Waals surface area contributed by atoms with E-state index in [0.29, 0.717) is 26.9 Å². The van der Waals surface area contributed by atoms with E-state index in [4.69, 9.17) is 23.2 Å². The second-order valence-corrected chi connectivity index (χ2v) is 7.99. The lowest BCUT2D eigenvalue weighted by Gasteiger charge is -2.30. The summed E-state index contributed by atoms with van der Waals surface area (Å²) in [5.74, 6) is -0.324.